The molecule has 136 valence electrons. The Balaban J connectivity index is 1.57. The number of nitrogens with one attached hydrogen (secondary N) is 1. The molecule has 6 heteroatoms. The van der Waals surface area contributed by atoms with E-state index in [-0.39, 0.29) is 6.10 Å². The molecule has 1 N–H and O–H groups in total. The molecule has 0 aliphatic carbocycles. The number of fused-ring (bicyclic) bond motifs is 1. The minimum atomic E-state index is 0.143. The van der Waals surface area contributed by atoms with Crippen LogP contribution in [0.5, 0.6) is 5.75 Å². The van der Waals surface area contributed by atoms with E-state index in [2.05, 4.69) is 58.8 Å². The number of ether oxygens (including phenoxy) is 2. The van der Waals surface area contributed by atoms with Gasteiger partial charge in [-0.3, -0.25) is 0 Å². The fourth-order valence-electron chi connectivity index (χ4n) is 3.07. The summed E-state index contributed by atoms with van der Waals surface area (Å²) in [6, 6.07) is 8.42. The summed E-state index contributed by atoms with van der Waals surface area (Å²) in [6.45, 7) is 6.27. The van der Waals surface area contributed by atoms with Crippen molar-refractivity contribution >= 4 is 27.4 Å². The average molecular weight is 369 g/mol. The van der Waals surface area contributed by atoms with Crippen LogP contribution in [-0.2, 0) is 17.7 Å². The van der Waals surface area contributed by atoms with Gasteiger partial charge in [0, 0.05) is 24.9 Å². The number of anilines is 1. The van der Waals surface area contributed by atoms with Crippen molar-refractivity contribution in [2.45, 2.75) is 39.3 Å². The van der Waals surface area contributed by atoms with E-state index in [0.717, 1.165) is 52.6 Å². The van der Waals surface area contributed by atoms with E-state index >= 15 is 0 Å². The number of benzene rings is 1. The first kappa shape index (κ1) is 17.2. The van der Waals surface area contributed by atoms with Crippen LogP contribution in [-0.4, -0.2) is 29.3 Å². The molecule has 2 aromatic heterocycles. The highest BCUT2D eigenvalue weighted by atomic mass is 32.1. The first-order chi connectivity index (χ1) is 12.7. The monoisotopic (exact) mass is 369 g/mol. The van der Waals surface area contributed by atoms with Crippen LogP contribution in [0.15, 0.2) is 29.6 Å². The zero-order chi connectivity index (χ0) is 17.9. The van der Waals surface area contributed by atoms with Gasteiger partial charge in [-0.05, 0) is 30.0 Å². The van der Waals surface area contributed by atoms with Crippen molar-refractivity contribution in [1.82, 2.24) is 9.97 Å². The van der Waals surface area contributed by atoms with Gasteiger partial charge in [0.25, 0.3) is 0 Å². The van der Waals surface area contributed by atoms with Gasteiger partial charge in [-0.1, -0.05) is 19.1 Å². The lowest BCUT2D eigenvalue weighted by Crippen LogP contribution is -2.17. The molecule has 3 aromatic rings. The van der Waals surface area contributed by atoms with E-state index in [1.165, 1.54) is 5.56 Å². The average Bonchev–Trinajstić information content (AvgIpc) is 3.32. The standard InChI is InChI=1S/C20H23N3O2S/c1-3-18-22-19(16-7-9-26-20(16)23-18)21-11-14-5-4-13(2)10-17(14)25-15-6-8-24-12-15/h4-5,7,9-10,15H,3,6,8,11-12H2,1-2H3,(H,21,22,23). The number of hydrogen-bond donors (Lipinski definition) is 1. The van der Waals surface area contributed by atoms with Gasteiger partial charge < -0.3 is 14.8 Å². The van der Waals surface area contributed by atoms with Gasteiger partial charge >= 0.3 is 0 Å². The fourth-order valence-corrected chi connectivity index (χ4v) is 3.86. The third kappa shape index (κ3) is 3.66. The van der Waals surface area contributed by atoms with Gasteiger partial charge in [-0.25, -0.2) is 9.97 Å². The zero-order valence-corrected chi connectivity index (χ0v) is 15.9. The summed E-state index contributed by atoms with van der Waals surface area (Å²) in [7, 11) is 0. The van der Waals surface area contributed by atoms with Crippen LogP contribution in [0.4, 0.5) is 5.82 Å². The molecule has 26 heavy (non-hydrogen) atoms. The maximum Gasteiger partial charge on any atom is 0.138 e. The molecule has 1 unspecified atom stereocenters. The Bertz CT molecular complexity index is 903. The quantitative estimate of drug-likeness (QED) is 0.700. The molecule has 0 saturated carbocycles. The maximum absolute atomic E-state index is 6.20. The van der Waals surface area contributed by atoms with E-state index in [1.54, 1.807) is 11.3 Å². The Kier molecular flexibility index (Phi) is 5.04. The van der Waals surface area contributed by atoms with E-state index in [4.69, 9.17) is 9.47 Å². The van der Waals surface area contributed by atoms with Crippen molar-refractivity contribution in [2.24, 2.45) is 0 Å². The van der Waals surface area contributed by atoms with Gasteiger partial charge in [-0.2, -0.15) is 0 Å². The van der Waals surface area contributed by atoms with Crippen LogP contribution in [0, 0.1) is 6.92 Å². The number of hydrogen-bond acceptors (Lipinski definition) is 6. The number of aryl methyl sites for hydroxylation is 2. The highest BCUT2D eigenvalue weighted by molar-refractivity contribution is 7.16. The summed E-state index contributed by atoms with van der Waals surface area (Å²) in [5.41, 5.74) is 2.32. The van der Waals surface area contributed by atoms with Gasteiger partial charge in [-0.15, -0.1) is 11.3 Å². The van der Waals surface area contributed by atoms with Gasteiger partial charge in [0.05, 0.1) is 18.6 Å². The number of nitrogens with zero attached hydrogens (tertiary/aromatic N) is 2. The van der Waals surface area contributed by atoms with Crippen LogP contribution in [0.1, 0.15) is 30.3 Å². The Morgan fingerprint density at radius 2 is 2.23 bits per heavy atom. The SMILES string of the molecule is CCc1nc(NCc2ccc(C)cc2OC2CCOC2)c2ccsc2n1. The number of aromatic nitrogens is 2. The van der Waals surface area contributed by atoms with Crippen molar-refractivity contribution in [2.75, 3.05) is 18.5 Å². The predicted molar refractivity (Wildman–Crippen MR) is 105 cm³/mol. The molecule has 1 aliphatic rings. The molecule has 1 aromatic carbocycles. The normalized spacial score (nSPS) is 16.9. The number of rotatable bonds is 6. The van der Waals surface area contributed by atoms with Crippen molar-refractivity contribution in [3.8, 4) is 5.75 Å². The lowest BCUT2D eigenvalue weighted by molar-refractivity contribution is 0.140. The van der Waals surface area contributed by atoms with Crippen LogP contribution in [0.2, 0.25) is 0 Å². The first-order valence-corrected chi connectivity index (χ1v) is 9.93. The molecule has 1 fully saturated rings. The van der Waals surface area contributed by atoms with E-state index < -0.39 is 0 Å². The van der Waals surface area contributed by atoms with E-state index in [9.17, 15) is 0 Å². The lowest BCUT2D eigenvalue weighted by atomic mass is 10.1. The van der Waals surface area contributed by atoms with Crippen molar-refractivity contribution < 1.29 is 9.47 Å². The Hall–Kier alpha value is -2.18. The lowest BCUT2D eigenvalue weighted by Gasteiger charge is -2.17. The summed E-state index contributed by atoms with van der Waals surface area (Å²) >= 11 is 1.65. The topological polar surface area (TPSA) is 56.3 Å². The molecule has 0 radical (unpaired) electrons. The molecular weight excluding hydrogens is 346 g/mol. The molecule has 0 amide bonds. The van der Waals surface area contributed by atoms with Crippen LogP contribution < -0.4 is 10.1 Å². The second kappa shape index (κ2) is 7.60. The second-order valence-corrected chi connectivity index (χ2v) is 7.44. The van der Waals surface area contributed by atoms with Crippen molar-refractivity contribution in [3.05, 3.63) is 46.6 Å². The summed E-state index contributed by atoms with van der Waals surface area (Å²) in [6.07, 6.45) is 1.91. The summed E-state index contributed by atoms with van der Waals surface area (Å²) < 4.78 is 11.6. The molecular formula is C20H23N3O2S. The molecule has 1 aliphatic heterocycles. The fraction of sp³-hybridized carbons (Fsp3) is 0.400. The third-order valence-corrected chi connectivity index (χ3v) is 5.34. The molecule has 3 heterocycles. The van der Waals surface area contributed by atoms with E-state index in [1.807, 2.05) is 0 Å². The molecule has 1 saturated heterocycles. The largest absolute Gasteiger partial charge is 0.488 e. The minimum Gasteiger partial charge on any atom is -0.488 e. The second-order valence-electron chi connectivity index (χ2n) is 6.55. The number of thiophene rings is 1. The van der Waals surface area contributed by atoms with Gasteiger partial charge in [0.1, 0.15) is 28.3 Å². The Morgan fingerprint density at radius 1 is 1.31 bits per heavy atom. The van der Waals surface area contributed by atoms with Crippen LogP contribution in [0.3, 0.4) is 0 Å². The Labute approximate surface area is 157 Å². The van der Waals surface area contributed by atoms with Crippen molar-refractivity contribution in [3.63, 3.8) is 0 Å². The minimum absolute atomic E-state index is 0.143. The molecule has 4 rings (SSSR count). The molecule has 5 nitrogen and oxygen atoms in total. The smallest absolute Gasteiger partial charge is 0.138 e. The zero-order valence-electron chi connectivity index (χ0n) is 15.1. The van der Waals surface area contributed by atoms with Crippen molar-refractivity contribution in [1.29, 1.82) is 0 Å². The predicted octanol–water partition coefficient (Wildman–Crippen LogP) is 4.34. The summed E-state index contributed by atoms with van der Waals surface area (Å²) in [5.74, 6) is 2.69. The highest BCUT2D eigenvalue weighted by Gasteiger charge is 2.19. The summed E-state index contributed by atoms with van der Waals surface area (Å²) in [5, 5.41) is 6.63. The van der Waals surface area contributed by atoms with E-state index in [0.29, 0.717) is 13.2 Å². The first-order valence-electron chi connectivity index (χ1n) is 9.05. The van der Waals surface area contributed by atoms with Gasteiger partial charge in [0.15, 0.2) is 0 Å². The van der Waals surface area contributed by atoms with Crippen LogP contribution >= 0.6 is 11.3 Å². The third-order valence-electron chi connectivity index (χ3n) is 4.54. The molecule has 0 spiro atoms. The highest BCUT2D eigenvalue weighted by Crippen LogP contribution is 2.28. The van der Waals surface area contributed by atoms with Crippen LogP contribution in [0.25, 0.3) is 10.2 Å². The summed E-state index contributed by atoms with van der Waals surface area (Å²) in [4.78, 5) is 10.3. The molecule has 0 bridgehead atoms. The Morgan fingerprint density at radius 3 is 3.04 bits per heavy atom. The van der Waals surface area contributed by atoms with Gasteiger partial charge in [0.2, 0.25) is 0 Å². The molecule has 1 atom stereocenters. The maximum atomic E-state index is 6.20.